The molecule has 0 amide bonds. The van der Waals surface area contributed by atoms with Crippen molar-refractivity contribution in [2.75, 3.05) is 19.8 Å². The molecule has 6 heteroatoms. The highest BCUT2D eigenvalue weighted by Gasteiger charge is 2.17. The quantitative estimate of drug-likeness (QED) is 0.851. The molecule has 5 nitrogen and oxygen atoms in total. The lowest BCUT2D eigenvalue weighted by molar-refractivity contribution is -0.0933. The zero-order valence-corrected chi connectivity index (χ0v) is 11.1. The predicted molar refractivity (Wildman–Crippen MR) is 72.4 cm³/mol. The van der Waals surface area contributed by atoms with Crippen molar-refractivity contribution in [3.8, 4) is 6.07 Å². The first-order chi connectivity index (χ1) is 9.29. The fraction of sp³-hybridized carbons (Fsp3) is 0.385. The molecule has 0 saturated carbocycles. The van der Waals surface area contributed by atoms with Gasteiger partial charge in [-0.3, -0.25) is 0 Å². The molecular formula is C13H13N3O2S. The van der Waals surface area contributed by atoms with Crippen molar-refractivity contribution in [1.82, 2.24) is 9.55 Å². The minimum atomic E-state index is 0.00481. The van der Waals surface area contributed by atoms with Crippen molar-refractivity contribution in [1.29, 1.82) is 5.26 Å². The Kier molecular flexibility index (Phi) is 3.34. The molecule has 0 bridgehead atoms. The third-order valence-corrected chi connectivity index (χ3v) is 3.52. The lowest BCUT2D eigenvalue weighted by atomic mass is 10.2. The minimum Gasteiger partial charge on any atom is -0.376 e. The lowest BCUT2D eigenvalue weighted by Gasteiger charge is -2.23. The molecule has 1 atom stereocenters. The standard InChI is InChI=1S/C13H13N3O2S/c14-6-9-2-1-3-11-12(9)15-13(19)16(11)7-10-8-17-4-5-18-10/h1-3,10H,4-5,7-8H2,(H,15,19). The first-order valence-electron chi connectivity index (χ1n) is 6.10. The maximum atomic E-state index is 9.10. The average molecular weight is 275 g/mol. The summed E-state index contributed by atoms with van der Waals surface area (Å²) in [7, 11) is 0. The first-order valence-corrected chi connectivity index (χ1v) is 6.51. The number of aromatic nitrogens is 2. The number of H-pyrrole nitrogens is 1. The molecule has 1 aliphatic rings. The van der Waals surface area contributed by atoms with Gasteiger partial charge in [0.15, 0.2) is 4.77 Å². The van der Waals surface area contributed by atoms with Crippen molar-refractivity contribution in [3.05, 3.63) is 28.5 Å². The molecule has 1 N–H and O–H groups in total. The van der Waals surface area contributed by atoms with Crippen LogP contribution >= 0.6 is 12.2 Å². The van der Waals surface area contributed by atoms with Crippen LogP contribution in [0.25, 0.3) is 11.0 Å². The van der Waals surface area contributed by atoms with E-state index in [2.05, 4.69) is 11.1 Å². The molecule has 1 aliphatic heterocycles. The van der Waals surface area contributed by atoms with Gasteiger partial charge < -0.3 is 19.0 Å². The number of hydrogen-bond acceptors (Lipinski definition) is 4. The van der Waals surface area contributed by atoms with Gasteiger partial charge in [-0.25, -0.2) is 0 Å². The van der Waals surface area contributed by atoms with Crippen LogP contribution in [0.15, 0.2) is 18.2 Å². The summed E-state index contributed by atoms with van der Waals surface area (Å²) in [6.07, 6.45) is 0.00481. The number of nitrogens with one attached hydrogen (secondary N) is 1. The minimum absolute atomic E-state index is 0.00481. The largest absolute Gasteiger partial charge is 0.376 e. The Balaban J connectivity index is 2.01. The summed E-state index contributed by atoms with van der Waals surface area (Å²) >= 11 is 5.33. The van der Waals surface area contributed by atoms with Gasteiger partial charge in [0.1, 0.15) is 6.07 Å². The summed E-state index contributed by atoms with van der Waals surface area (Å²) in [5, 5.41) is 9.10. The number of para-hydroxylation sites is 1. The molecule has 1 aromatic carbocycles. The number of fused-ring (bicyclic) bond motifs is 1. The van der Waals surface area contributed by atoms with Crippen molar-refractivity contribution in [2.24, 2.45) is 0 Å². The molecule has 19 heavy (non-hydrogen) atoms. The molecule has 98 valence electrons. The van der Waals surface area contributed by atoms with Gasteiger partial charge in [0, 0.05) is 0 Å². The summed E-state index contributed by atoms with van der Waals surface area (Å²) in [6, 6.07) is 7.75. The number of aromatic amines is 1. The van der Waals surface area contributed by atoms with E-state index in [1.54, 1.807) is 6.07 Å². The molecule has 1 fully saturated rings. The molecule has 0 spiro atoms. The van der Waals surface area contributed by atoms with Crippen LogP contribution in [0.3, 0.4) is 0 Å². The third kappa shape index (κ3) is 2.28. The van der Waals surface area contributed by atoms with Crippen molar-refractivity contribution in [3.63, 3.8) is 0 Å². The van der Waals surface area contributed by atoms with Crippen molar-refractivity contribution < 1.29 is 9.47 Å². The maximum absolute atomic E-state index is 9.10. The van der Waals surface area contributed by atoms with Crippen LogP contribution in [0.1, 0.15) is 5.56 Å². The molecule has 2 heterocycles. The van der Waals surface area contributed by atoms with E-state index in [0.717, 1.165) is 11.0 Å². The van der Waals surface area contributed by atoms with E-state index in [4.69, 9.17) is 27.0 Å². The van der Waals surface area contributed by atoms with Gasteiger partial charge >= 0.3 is 0 Å². The van der Waals surface area contributed by atoms with E-state index >= 15 is 0 Å². The van der Waals surface area contributed by atoms with Gasteiger partial charge in [-0.2, -0.15) is 5.26 Å². The van der Waals surface area contributed by atoms with E-state index < -0.39 is 0 Å². The number of rotatable bonds is 2. The summed E-state index contributed by atoms with van der Waals surface area (Å²) in [4.78, 5) is 3.10. The average Bonchev–Trinajstić information content (AvgIpc) is 2.76. The lowest BCUT2D eigenvalue weighted by Crippen LogP contribution is -2.32. The van der Waals surface area contributed by atoms with E-state index in [0.29, 0.717) is 36.7 Å². The number of nitriles is 1. The van der Waals surface area contributed by atoms with Gasteiger partial charge in [0.25, 0.3) is 0 Å². The Labute approximate surface area is 115 Å². The molecule has 2 aromatic rings. The Morgan fingerprint density at radius 2 is 2.37 bits per heavy atom. The number of hydrogen-bond donors (Lipinski definition) is 1. The van der Waals surface area contributed by atoms with E-state index in [1.807, 2.05) is 16.7 Å². The fourth-order valence-electron chi connectivity index (χ4n) is 2.30. The van der Waals surface area contributed by atoms with Crippen LogP contribution < -0.4 is 0 Å². The number of ether oxygens (including phenoxy) is 2. The topological polar surface area (TPSA) is 63.0 Å². The Hall–Kier alpha value is -1.68. The highest BCUT2D eigenvalue weighted by molar-refractivity contribution is 7.71. The molecule has 0 radical (unpaired) electrons. The van der Waals surface area contributed by atoms with Gasteiger partial charge in [-0.1, -0.05) is 6.07 Å². The van der Waals surface area contributed by atoms with Crippen molar-refractivity contribution >= 4 is 23.3 Å². The Morgan fingerprint density at radius 3 is 3.11 bits per heavy atom. The fourth-order valence-corrected chi connectivity index (χ4v) is 2.58. The zero-order valence-electron chi connectivity index (χ0n) is 10.3. The van der Waals surface area contributed by atoms with Crippen LogP contribution in [0.5, 0.6) is 0 Å². The van der Waals surface area contributed by atoms with Gasteiger partial charge in [0.05, 0.1) is 49.1 Å². The summed E-state index contributed by atoms with van der Waals surface area (Å²) in [5.41, 5.74) is 2.31. The highest BCUT2D eigenvalue weighted by Crippen LogP contribution is 2.19. The highest BCUT2D eigenvalue weighted by atomic mass is 32.1. The number of benzene rings is 1. The number of imidazole rings is 1. The summed E-state index contributed by atoms with van der Waals surface area (Å²) in [5.74, 6) is 0. The van der Waals surface area contributed by atoms with Crippen LogP contribution in [0, 0.1) is 16.1 Å². The zero-order chi connectivity index (χ0) is 13.2. The predicted octanol–water partition coefficient (Wildman–Crippen LogP) is 1.99. The van der Waals surface area contributed by atoms with E-state index in [-0.39, 0.29) is 6.10 Å². The molecule has 1 aromatic heterocycles. The second-order valence-electron chi connectivity index (χ2n) is 4.42. The van der Waals surface area contributed by atoms with Crippen LogP contribution in [0.2, 0.25) is 0 Å². The first kappa shape index (κ1) is 12.4. The monoisotopic (exact) mass is 275 g/mol. The Bertz CT molecular complexity index is 692. The van der Waals surface area contributed by atoms with E-state index in [1.165, 1.54) is 0 Å². The van der Waals surface area contributed by atoms with E-state index in [9.17, 15) is 0 Å². The summed E-state index contributed by atoms with van der Waals surface area (Å²) in [6.45, 7) is 2.47. The third-order valence-electron chi connectivity index (χ3n) is 3.20. The van der Waals surface area contributed by atoms with Crippen LogP contribution in [0.4, 0.5) is 0 Å². The molecule has 1 saturated heterocycles. The van der Waals surface area contributed by atoms with Crippen LogP contribution in [-0.4, -0.2) is 35.5 Å². The maximum Gasteiger partial charge on any atom is 0.178 e. The normalized spacial score (nSPS) is 19.4. The molecule has 1 unspecified atom stereocenters. The summed E-state index contributed by atoms with van der Waals surface area (Å²) < 4.78 is 13.6. The van der Waals surface area contributed by atoms with Crippen LogP contribution in [-0.2, 0) is 16.0 Å². The Morgan fingerprint density at radius 1 is 1.47 bits per heavy atom. The van der Waals surface area contributed by atoms with Gasteiger partial charge in [-0.05, 0) is 24.4 Å². The van der Waals surface area contributed by atoms with Gasteiger partial charge in [0.2, 0.25) is 0 Å². The molecule has 0 aliphatic carbocycles. The number of nitrogens with zero attached hydrogens (tertiary/aromatic N) is 2. The second-order valence-corrected chi connectivity index (χ2v) is 4.81. The smallest absolute Gasteiger partial charge is 0.178 e. The van der Waals surface area contributed by atoms with Gasteiger partial charge in [-0.15, -0.1) is 0 Å². The van der Waals surface area contributed by atoms with Crippen molar-refractivity contribution in [2.45, 2.75) is 12.6 Å². The molecular weight excluding hydrogens is 262 g/mol. The SMILES string of the molecule is N#Cc1cccc2c1[nH]c(=S)n2CC1COCCO1. The molecule has 3 rings (SSSR count). The second kappa shape index (κ2) is 5.13.